The van der Waals surface area contributed by atoms with E-state index in [9.17, 15) is 22.4 Å². The molecule has 0 aliphatic heterocycles. The van der Waals surface area contributed by atoms with Gasteiger partial charge in [0, 0.05) is 0 Å². The minimum atomic E-state index is -4.48. The highest BCUT2D eigenvalue weighted by Crippen LogP contribution is 2.29. The van der Waals surface area contributed by atoms with Gasteiger partial charge in [-0.2, -0.15) is 13.2 Å². The average molecular weight is 284 g/mol. The fraction of sp³-hybridized carbons (Fsp3) is 0.0714. The summed E-state index contributed by atoms with van der Waals surface area (Å²) in [7, 11) is 0. The van der Waals surface area contributed by atoms with Crippen LogP contribution >= 0.6 is 0 Å². The molecule has 0 saturated heterocycles. The Hall–Kier alpha value is -2.37. The number of halogens is 4. The van der Waals surface area contributed by atoms with Crippen LogP contribution in [0.15, 0.2) is 48.5 Å². The molecule has 0 unspecified atom stereocenters. The van der Waals surface area contributed by atoms with Gasteiger partial charge < -0.3 is 4.74 Å². The van der Waals surface area contributed by atoms with Gasteiger partial charge in [-0.25, -0.2) is 9.18 Å². The zero-order chi connectivity index (χ0) is 14.8. The molecule has 6 heteroatoms. The molecule has 0 heterocycles. The predicted molar refractivity (Wildman–Crippen MR) is 62.8 cm³/mol. The van der Waals surface area contributed by atoms with Crippen LogP contribution in [0.4, 0.5) is 17.6 Å². The third-order valence-electron chi connectivity index (χ3n) is 2.49. The van der Waals surface area contributed by atoms with Gasteiger partial charge in [0.25, 0.3) is 0 Å². The predicted octanol–water partition coefficient (Wildman–Crippen LogP) is 4.06. The molecule has 0 fully saturated rings. The van der Waals surface area contributed by atoms with Crippen molar-refractivity contribution in [2.45, 2.75) is 6.18 Å². The molecule has 0 aromatic heterocycles. The van der Waals surface area contributed by atoms with Gasteiger partial charge in [-0.05, 0) is 36.4 Å². The van der Waals surface area contributed by atoms with Crippen molar-refractivity contribution < 1.29 is 27.1 Å². The van der Waals surface area contributed by atoms with E-state index in [1.165, 1.54) is 18.2 Å². The van der Waals surface area contributed by atoms with Crippen LogP contribution in [0.1, 0.15) is 15.9 Å². The minimum Gasteiger partial charge on any atom is -0.420 e. The quantitative estimate of drug-likeness (QED) is 0.472. The highest BCUT2D eigenvalue weighted by atomic mass is 19.4. The number of hydrogen-bond donors (Lipinski definition) is 0. The Morgan fingerprint density at radius 2 is 1.55 bits per heavy atom. The third kappa shape index (κ3) is 3.14. The highest BCUT2D eigenvalue weighted by molar-refractivity contribution is 5.91. The van der Waals surface area contributed by atoms with Gasteiger partial charge in [-0.3, -0.25) is 0 Å². The van der Waals surface area contributed by atoms with Gasteiger partial charge in [0.1, 0.15) is 0 Å². The molecule has 0 N–H and O–H groups in total. The van der Waals surface area contributed by atoms with Crippen molar-refractivity contribution in [1.29, 1.82) is 0 Å². The third-order valence-corrected chi connectivity index (χ3v) is 2.49. The Labute approximate surface area is 111 Å². The summed E-state index contributed by atoms with van der Waals surface area (Å²) < 4.78 is 55.1. The lowest BCUT2D eigenvalue weighted by molar-refractivity contribution is -0.137. The maximum Gasteiger partial charge on any atom is 0.416 e. The molecule has 2 rings (SSSR count). The lowest BCUT2D eigenvalue weighted by Crippen LogP contribution is -2.11. The van der Waals surface area contributed by atoms with E-state index in [0.29, 0.717) is 0 Å². The normalized spacial score (nSPS) is 11.2. The molecule has 0 bridgehead atoms. The number of rotatable bonds is 2. The number of alkyl halides is 3. The summed E-state index contributed by atoms with van der Waals surface area (Å²) in [5, 5.41) is 0. The molecule has 104 valence electrons. The number of carbonyl (C=O) groups excluding carboxylic acids is 1. The first kappa shape index (κ1) is 14.0. The zero-order valence-corrected chi connectivity index (χ0v) is 9.95. The molecule has 0 atom stereocenters. The SMILES string of the molecule is O=C(Oc1ccccc1F)c1ccc(C(F)(F)F)cc1. The van der Waals surface area contributed by atoms with Crippen molar-refractivity contribution in [2.75, 3.05) is 0 Å². The Morgan fingerprint density at radius 1 is 0.950 bits per heavy atom. The monoisotopic (exact) mass is 284 g/mol. The standard InChI is InChI=1S/C14H8F4O2/c15-11-3-1-2-4-12(11)20-13(19)9-5-7-10(8-6-9)14(16,17)18/h1-8H. The number of carbonyl (C=O) groups is 1. The Balaban J connectivity index is 2.16. The second-order valence-electron chi connectivity index (χ2n) is 3.90. The minimum absolute atomic E-state index is 0.0961. The van der Waals surface area contributed by atoms with Crippen LogP contribution in [-0.4, -0.2) is 5.97 Å². The van der Waals surface area contributed by atoms with Crippen LogP contribution in [0.25, 0.3) is 0 Å². The lowest BCUT2D eigenvalue weighted by Gasteiger charge is -2.08. The van der Waals surface area contributed by atoms with Crippen LogP contribution in [0.5, 0.6) is 5.75 Å². The largest absolute Gasteiger partial charge is 0.420 e. The smallest absolute Gasteiger partial charge is 0.416 e. The summed E-state index contributed by atoms with van der Waals surface area (Å²) >= 11 is 0. The number of ether oxygens (including phenoxy) is 1. The summed E-state index contributed by atoms with van der Waals surface area (Å²) in [5.41, 5.74) is -0.971. The maximum absolute atomic E-state index is 13.3. The second kappa shape index (κ2) is 5.32. The molecule has 2 aromatic rings. The van der Waals surface area contributed by atoms with Gasteiger partial charge >= 0.3 is 12.1 Å². The molecule has 2 aromatic carbocycles. The maximum atomic E-state index is 13.3. The van der Waals surface area contributed by atoms with Crippen molar-refractivity contribution in [3.05, 3.63) is 65.5 Å². The van der Waals surface area contributed by atoms with Gasteiger partial charge in [-0.1, -0.05) is 12.1 Å². The van der Waals surface area contributed by atoms with E-state index in [0.717, 1.165) is 30.3 Å². The molecule has 0 saturated carbocycles. The molecule has 0 spiro atoms. The van der Waals surface area contributed by atoms with Crippen LogP contribution < -0.4 is 4.74 Å². The zero-order valence-electron chi connectivity index (χ0n) is 9.95. The van der Waals surface area contributed by atoms with Crippen LogP contribution in [0, 0.1) is 5.82 Å². The molecule has 2 nitrogen and oxygen atoms in total. The van der Waals surface area contributed by atoms with Crippen molar-refractivity contribution in [3.8, 4) is 5.75 Å². The van der Waals surface area contributed by atoms with Gasteiger partial charge in [0.05, 0.1) is 11.1 Å². The summed E-state index contributed by atoms with van der Waals surface area (Å²) in [6, 6.07) is 8.73. The van der Waals surface area contributed by atoms with Gasteiger partial charge in [-0.15, -0.1) is 0 Å². The fourth-order valence-electron chi connectivity index (χ4n) is 1.48. The first-order chi connectivity index (χ1) is 9.38. The number of benzene rings is 2. The topological polar surface area (TPSA) is 26.3 Å². The first-order valence-electron chi connectivity index (χ1n) is 5.52. The molecule has 0 radical (unpaired) electrons. The van der Waals surface area contributed by atoms with Gasteiger partial charge in [0.15, 0.2) is 11.6 Å². The van der Waals surface area contributed by atoms with Crippen molar-refractivity contribution in [3.63, 3.8) is 0 Å². The molecule has 20 heavy (non-hydrogen) atoms. The van der Waals surface area contributed by atoms with E-state index in [2.05, 4.69) is 0 Å². The van der Waals surface area contributed by atoms with E-state index >= 15 is 0 Å². The van der Waals surface area contributed by atoms with E-state index in [1.807, 2.05) is 0 Å². The number of esters is 1. The van der Waals surface area contributed by atoms with E-state index in [-0.39, 0.29) is 11.3 Å². The number of hydrogen-bond acceptors (Lipinski definition) is 2. The first-order valence-corrected chi connectivity index (χ1v) is 5.52. The second-order valence-corrected chi connectivity index (χ2v) is 3.90. The summed E-state index contributed by atoms with van der Waals surface area (Å²) in [5.74, 6) is -1.94. The Kier molecular flexibility index (Phi) is 3.74. The summed E-state index contributed by atoms with van der Waals surface area (Å²) in [4.78, 5) is 11.7. The highest BCUT2D eigenvalue weighted by Gasteiger charge is 2.30. The molecule has 0 aliphatic carbocycles. The van der Waals surface area contributed by atoms with Crippen LogP contribution in [0.2, 0.25) is 0 Å². The summed E-state index contributed by atoms with van der Waals surface area (Å²) in [6.07, 6.45) is -4.48. The Morgan fingerprint density at radius 3 is 2.10 bits per heavy atom. The molecular formula is C14H8F4O2. The van der Waals surface area contributed by atoms with E-state index in [1.54, 1.807) is 0 Å². The van der Waals surface area contributed by atoms with Crippen molar-refractivity contribution in [1.82, 2.24) is 0 Å². The van der Waals surface area contributed by atoms with E-state index < -0.39 is 23.5 Å². The van der Waals surface area contributed by atoms with Crippen molar-refractivity contribution >= 4 is 5.97 Å². The molecular weight excluding hydrogens is 276 g/mol. The van der Waals surface area contributed by atoms with Crippen LogP contribution in [0.3, 0.4) is 0 Å². The number of para-hydroxylation sites is 1. The molecule has 0 aliphatic rings. The van der Waals surface area contributed by atoms with Crippen LogP contribution in [-0.2, 0) is 6.18 Å². The van der Waals surface area contributed by atoms with E-state index in [4.69, 9.17) is 4.74 Å². The average Bonchev–Trinajstić information content (AvgIpc) is 2.40. The van der Waals surface area contributed by atoms with Crippen molar-refractivity contribution in [2.24, 2.45) is 0 Å². The lowest BCUT2D eigenvalue weighted by atomic mass is 10.1. The van der Waals surface area contributed by atoms with Gasteiger partial charge in [0.2, 0.25) is 0 Å². The summed E-state index contributed by atoms with van der Waals surface area (Å²) in [6.45, 7) is 0. The molecule has 0 amide bonds. The Bertz CT molecular complexity index is 618. The fourth-order valence-corrected chi connectivity index (χ4v) is 1.48.